The molecule has 5 heteroatoms. The topological polar surface area (TPSA) is 76.7 Å². The van der Waals surface area contributed by atoms with Crippen molar-refractivity contribution in [2.45, 2.75) is 26.2 Å². The molecule has 1 aromatic heterocycles. The Morgan fingerprint density at radius 3 is 2.48 bits per heavy atom. The third kappa shape index (κ3) is 3.26. The van der Waals surface area contributed by atoms with Crippen LogP contribution in [0.5, 0.6) is 11.5 Å². The largest absolute Gasteiger partial charge is 0.507 e. The number of esters is 1. The Hall–Kier alpha value is -3.08. The van der Waals surface area contributed by atoms with Crippen molar-refractivity contribution in [1.29, 1.82) is 0 Å². The summed E-state index contributed by atoms with van der Waals surface area (Å²) in [7, 11) is 0. The van der Waals surface area contributed by atoms with E-state index in [2.05, 4.69) is 0 Å². The zero-order chi connectivity index (χ0) is 18.0. The zero-order valence-electron chi connectivity index (χ0n) is 14.0. The fourth-order valence-electron chi connectivity index (χ4n) is 3.00. The molecular weight excluding hydrogens is 320 g/mol. The molecular formula is C20H18O5. The van der Waals surface area contributed by atoms with Crippen LogP contribution in [0.2, 0.25) is 0 Å². The molecule has 1 unspecified atom stereocenters. The third-order valence-corrected chi connectivity index (χ3v) is 4.12. The van der Waals surface area contributed by atoms with Crippen LogP contribution in [-0.2, 0) is 4.79 Å². The quantitative estimate of drug-likeness (QED) is 0.442. The SMILES string of the molecule is CCC(c1ccc(OC(C)=O)cc1)c1c(O)c2ccccc2oc1=O. The molecule has 0 radical (unpaired) electrons. The molecule has 0 aliphatic rings. The van der Waals surface area contributed by atoms with Crippen molar-refractivity contribution < 1.29 is 19.1 Å². The molecule has 128 valence electrons. The molecule has 0 saturated carbocycles. The van der Waals surface area contributed by atoms with Crippen LogP contribution in [0, 0.1) is 0 Å². The second-order valence-electron chi connectivity index (χ2n) is 5.77. The van der Waals surface area contributed by atoms with Gasteiger partial charge in [0.25, 0.3) is 0 Å². The highest BCUT2D eigenvalue weighted by Gasteiger charge is 2.23. The number of rotatable bonds is 4. The van der Waals surface area contributed by atoms with E-state index in [9.17, 15) is 14.7 Å². The van der Waals surface area contributed by atoms with Crippen molar-refractivity contribution >= 4 is 16.9 Å². The maximum absolute atomic E-state index is 12.4. The van der Waals surface area contributed by atoms with Crippen LogP contribution in [0.25, 0.3) is 11.0 Å². The number of aromatic hydroxyl groups is 1. The maximum atomic E-state index is 12.4. The summed E-state index contributed by atoms with van der Waals surface area (Å²) in [5.74, 6) is -0.344. The van der Waals surface area contributed by atoms with Crippen molar-refractivity contribution in [3.63, 3.8) is 0 Å². The number of benzene rings is 2. The van der Waals surface area contributed by atoms with E-state index in [4.69, 9.17) is 9.15 Å². The first kappa shape index (κ1) is 16.8. The minimum atomic E-state index is -0.549. The number of fused-ring (bicyclic) bond motifs is 1. The lowest BCUT2D eigenvalue weighted by molar-refractivity contribution is -0.131. The van der Waals surface area contributed by atoms with E-state index in [0.717, 1.165) is 5.56 Å². The number of para-hydroxylation sites is 1. The Morgan fingerprint density at radius 2 is 1.84 bits per heavy atom. The van der Waals surface area contributed by atoms with Crippen LogP contribution in [0.3, 0.4) is 0 Å². The summed E-state index contributed by atoms with van der Waals surface area (Å²) >= 11 is 0. The highest BCUT2D eigenvalue weighted by Crippen LogP contribution is 2.36. The number of carbonyl (C=O) groups is 1. The molecule has 2 aromatic carbocycles. The van der Waals surface area contributed by atoms with E-state index < -0.39 is 11.6 Å². The number of hydrogen-bond donors (Lipinski definition) is 1. The first-order chi connectivity index (χ1) is 12.0. The fourth-order valence-corrected chi connectivity index (χ4v) is 3.00. The van der Waals surface area contributed by atoms with Crippen LogP contribution >= 0.6 is 0 Å². The smallest absolute Gasteiger partial charge is 0.343 e. The Bertz CT molecular complexity index is 970. The van der Waals surface area contributed by atoms with Crippen LogP contribution in [0.15, 0.2) is 57.7 Å². The molecule has 3 aromatic rings. The summed E-state index contributed by atoms with van der Waals surface area (Å²) < 4.78 is 10.4. The zero-order valence-corrected chi connectivity index (χ0v) is 14.0. The van der Waals surface area contributed by atoms with E-state index in [1.807, 2.05) is 6.92 Å². The second kappa shape index (κ2) is 6.81. The molecule has 0 fully saturated rings. The molecule has 0 aliphatic carbocycles. The van der Waals surface area contributed by atoms with E-state index in [1.165, 1.54) is 6.92 Å². The highest BCUT2D eigenvalue weighted by atomic mass is 16.5. The van der Waals surface area contributed by atoms with Gasteiger partial charge in [-0.15, -0.1) is 0 Å². The standard InChI is InChI=1S/C20H18O5/c1-3-15(13-8-10-14(11-9-13)24-12(2)21)18-19(22)16-6-4-5-7-17(16)25-20(18)23/h4-11,15,22H,3H2,1-2H3. The van der Waals surface area contributed by atoms with Gasteiger partial charge in [0.1, 0.15) is 17.1 Å². The van der Waals surface area contributed by atoms with Gasteiger partial charge in [0.05, 0.1) is 10.9 Å². The minimum absolute atomic E-state index is 0.0530. The van der Waals surface area contributed by atoms with Gasteiger partial charge in [0.15, 0.2) is 0 Å². The summed E-state index contributed by atoms with van der Waals surface area (Å²) in [4.78, 5) is 23.5. The molecule has 0 saturated heterocycles. The van der Waals surface area contributed by atoms with Crippen molar-refractivity contribution in [1.82, 2.24) is 0 Å². The van der Waals surface area contributed by atoms with Crippen molar-refractivity contribution in [2.24, 2.45) is 0 Å². The van der Waals surface area contributed by atoms with Crippen LogP contribution < -0.4 is 10.4 Å². The molecule has 0 aliphatic heterocycles. The van der Waals surface area contributed by atoms with Crippen molar-refractivity contribution in [3.8, 4) is 11.5 Å². The molecule has 0 bridgehead atoms. The Labute approximate surface area is 144 Å². The van der Waals surface area contributed by atoms with E-state index >= 15 is 0 Å². The Balaban J connectivity index is 2.08. The monoisotopic (exact) mass is 338 g/mol. The second-order valence-corrected chi connectivity index (χ2v) is 5.77. The van der Waals surface area contributed by atoms with Gasteiger partial charge in [-0.1, -0.05) is 31.2 Å². The van der Waals surface area contributed by atoms with Crippen molar-refractivity contribution in [3.05, 3.63) is 70.1 Å². The lowest BCUT2D eigenvalue weighted by atomic mass is 9.89. The van der Waals surface area contributed by atoms with Crippen LogP contribution in [0.4, 0.5) is 0 Å². The lowest BCUT2D eigenvalue weighted by Crippen LogP contribution is -2.14. The number of hydrogen-bond acceptors (Lipinski definition) is 5. The van der Waals surface area contributed by atoms with E-state index in [0.29, 0.717) is 23.1 Å². The summed E-state index contributed by atoms with van der Waals surface area (Å²) in [6, 6.07) is 13.8. The normalized spacial score (nSPS) is 12.1. The third-order valence-electron chi connectivity index (χ3n) is 4.12. The Kier molecular flexibility index (Phi) is 4.57. The molecule has 0 amide bonds. The summed E-state index contributed by atoms with van der Waals surface area (Å²) in [6.07, 6.45) is 0.601. The Morgan fingerprint density at radius 1 is 1.16 bits per heavy atom. The minimum Gasteiger partial charge on any atom is -0.507 e. The average Bonchev–Trinajstić information content (AvgIpc) is 2.59. The van der Waals surface area contributed by atoms with Gasteiger partial charge in [-0.2, -0.15) is 0 Å². The molecule has 1 heterocycles. The average molecular weight is 338 g/mol. The predicted molar refractivity (Wildman–Crippen MR) is 94.0 cm³/mol. The first-order valence-electron chi connectivity index (χ1n) is 8.04. The first-order valence-corrected chi connectivity index (χ1v) is 8.04. The number of ether oxygens (including phenoxy) is 1. The van der Waals surface area contributed by atoms with Gasteiger partial charge < -0.3 is 14.3 Å². The van der Waals surface area contributed by atoms with Gasteiger partial charge in [0.2, 0.25) is 0 Å². The van der Waals surface area contributed by atoms with Gasteiger partial charge in [-0.05, 0) is 36.2 Å². The van der Waals surface area contributed by atoms with E-state index in [-0.39, 0.29) is 17.2 Å². The highest BCUT2D eigenvalue weighted by molar-refractivity contribution is 5.84. The van der Waals surface area contributed by atoms with Gasteiger partial charge in [0, 0.05) is 12.8 Å². The summed E-state index contributed by atoms with van der Waals surface area (Å²) in [6.45, 7) is 3.26. The van der Waals surface area contributed by atoms with Gasteiger partial charge in [-0.3, -0.25) is 4.79 Å². The molecule has 25 heavy (non-hydrogen) atoms. The maximum Gasteiger partial charge on any atom is 0.343 e. The molecule has 1 atom stereocenters. The number of carbonyl (C=O) groups excluding carboxylic acids is 1. The molecule has 5 nitrogen and oxygen atoms in total. The van der Waals surface area contributed by atoms with Gasteiger partial charge in [-0.25, -0.2) is 4.79 Å². The molecule has 1 N–H and O–H groups in total. The molecule has 3 rings (SSSR count). The van der Waals surface area contributed by atoms with E-state index in [1.54, 1.807) is 48.5 Å². The lowest BCUT2D eigenvalue weighted by Gasteiger charge is -2.17. The van der Waals surface area contributed by atoms with Crippen molar-refractivity contribution in [2.75, 3.05) is 0 Å². The fraction of sp³-hybridized carbons (Fsp3) is 0.200. The summed E-state index contributed by atoms with van der Waals surface area (Å²) in [5, 5.41) is 11.1. The predicted octanol–water partition coefficient (Wildman–Crippen LogP) is 3.97. The molecule has 0 spiro atoms. The van der Waals surface area contributed by atoms with Crippen LogP contribution in [-0.4, -0.2) is 11.1 Å². The van der Waals surface area contributed by atoms with Gasteiger partial charge >= 0.3 is 11.6 Å². The van der Waals surface area contributed by atoms with Crippen LogP contribution in [0.1, 0.15) is 37.3 Å². The summed E-state index contributed by atoms with van der Waals surface area (Å²) in [5.41, 5.74) is 0.874.